The number of anilines is 2. The second kappa shape index (κ2) is 15.5. The molecule has 2 heterocycles. The lowest BCUT2D eigenvalue weighted by Crippen LogP contribution is -2.43. The van der Waals surface area contributed by atoms with Crippen LogP contribution in [0.4, 0.5) is 11.4 Å². The van der Waals surface area contributed by atoms with Gasteiger partial charge in [-0.25, -0.2) is 0 Å². The summed E-state index contributed by atoms with van der Waals surface area (Å²) in [6, 6.07) is 27.9. The van der Waals surface area contributed by atoms with Crippen molar-refractivity contribution in [3.63, 3.8) is 0 Å². The van der Waals surface area contributed by atoms with Crippen LogP contribution < -0.4 is 20.1 Å². The highest BCUT2D eigenvalue weighted by atomic mass is 16.5. The fourth-order valence-electron chi connectivity index (χ4n) is 6.41. The molecule has 2 atom stereocenters. The van der Waals surface area contributed by atoms with Crippen molar-refractivity contribution >= 4 is 47.2 Å². The van der Waals surface area contributed by atoms with Crippen LogP contribution in [0, 0.1) is 0 Å². The van der Waals surface area contributed by atoms with Gasteiger partial charge in [0, 0.05) is 35.6 Å². The largest absolute Gasteiger partial charge is 0.497 e. The van der Waals surface area contributed by atoms with Crippen LogP contribution in [0.25, 0.3) is 12.2 Å². The molecule has 10 nitrogen and oxygen atoms in total. The predicted octanol–water partition coefficient (Wildman–Crippen LogP) is 6.36. The van der Waals surface area contributed by atoms with Crippen LogP contribution in [0.3, 0.4) is 0 Å². The summed E-state index contributed by atoms with van der Waals surface area (Å²) >= 11 is 0. The van der Waals surface area contributed by atoms with E-state index in [1.165, 1.54) is 0 Å². The Bertz CT molecular complexity index is 1750. The van der Waals surface area contributed by atoms with Crippen molar-refractivity contribution in [2.24, 2.45) is 0 Å². The standard InChI is InChI=1S/C40H40N4O6/c1-49-33-9-3-7-29(25-33)39(47)43-23-5-11-35(43)37(45)41-31-19-15-27(16-20-31)13-14-28-17-21-32(22-18-28)42-38(46)36-12-6-24-44(36)40(48)30-8-4-10-34(26-30)50-2/h3-4,7-10,13-22,25-26,35-36H,5-6,11-12,23-24H2,1-2H3,(H,41,45)(H,42,46)/b14-13+/t35-,36-/m0/s1. The van der Waals surface area contributed by atoms with Crippen LogP contribution in [0.2, 0.25) is 0 Å². The van der Waals surface area contributed by atoms with E-state index in [9.17, 15) is 19.2 Å². The molecule has 0 saturated carbocycles. The molecule has 10 heteroatoms. The summed E-state index contributed by atoms with van der Waals surface area (Å²) in [7, 11) is 3.11. The number of rotatable bonds is 10. The van der Waals surface area contributed by atoms with Gasteiger partial charge in [0.2, 0.25) is 11.8 Å². The number of nitrogens with one attached hydrogen (secondary N) is 2. The summed E-state index contributed by atoms with van der Waals surface area (Å²) in [5.41, 5.74) is 4.18. The first-order valence-corrected chi connectivity index (χ1v) is 16.7. The van der Waals surface area contributed by atoms with Crippen molar-refractivity contribution in [2.45, 2.75) is 37.8 Å². The van der Waals surface area contributed by atoms with Crippen LogP contribution in [0.1, 0.15) is 57.5 Å². The lowest BCUT2D eigenvalue weighted by molar-refractivity contribution is -0.120. The van der Waals surface area contributed by atoms with E-state index in [4.69, 9.17) is 9.47 Å². The maximum atomic E-state index is 13.2. The van der Waals surface area contributed by atoms with E-state index in [1.54, 1.807) is 72.6 Å². The molecule has 0 aliphatic carbocycles. The molecule has 256 valence electrons. The number of hydrogen-bond donors (Lipinski definition) is 2. The highest BCUT2D eigenvalue weighted by molar-refractivity contribution is 6.03. The molecular formula is C40H40N4O6. The Morgan fingerprint density at radius 3 is 1.38 bits per heavy atom. The number of amides is 4. The molecule has 0 unspecified atom stereocenters. The summed E-state index contributed by atoms with van der Waals surface area (Å²) < 4.78 is 10.5. The second-order valence-corrected chi connectivity index (χ2v) is 12.3. The maximum absolute atomic E-state index is 13.2. The zero-order valence-electron chi connectivity index (χ0n) is 28.1. The topological polar surface area (TPSA) is 117 Å². The highest BCUT2D eigenvalue weighted by Gasteiger charge is 2.36. The normalized spacial score (nSPS) is 17.1. The summed E-state index contributed by atoms with van der Waals surface area (Å²) in [5.74, 6) is 0.402. The molecule has 4 aromatic carbocycles. The van der Waals surface area contributed by atoms with Gasteiger partial charge in [0.25, 0.3) is 11.8 Å². The number of hydrogen-bond acceptors (Lipinski definition) is 6. The zero-order chi connectivity index (χ0) is 35.0. The first kappa shape index (κ1) is 34.0. The number of benzene rings is 4. The first-order valence-electron chi connectivity index (χ1n) is 16.7. The number of carbonyl (C=O) groups excluding carboxylic acids is 4. The monoisotopic (exact) mass is 672 g/mol. The third-order valence-electron chi connectivity index (χ3n) is 9.09. The number of nitrogens with zero attached hydrogens (tertiary/aromatic N) is 2. The van der Waals surface area contributed by atoms with E-state index in [0.29, 0.717) is 59.9 Å². The lowest BCUT2D eigenvalue weighted by Gasteiger charge is -2.24. The molecule has 0 spiro atoms. The van der Waals surface area contributed by atoms with Gasteiger partial charge in [0.1, 0.15) is 23.6 Å². The molecule has 2 fully saturated rings. The smallest absolute Gasteiger partial charge is 0.254 e. The van der Waals surface area contributed by atoms with Crippen molar-refractivity contribution in [3.05, 3.63) is 119 Å². The summed E-state index contributed by atoms with van der Waals surface area (Å²) in [6.07, 6.45) is 6.66. The quantitative estimate of drug-likeness (QED) is 0.190. The SMILES string of the molecule is COc1cccc(C(=O)N2CCC[C@H]2C(=O)Nc2ccc(/C=C/c3ccc(NC(=O)[C@@H]4CCCN4C(=O)c4cccc(OC)c4)cc3)cc2)c1. The van der Waals surface area contributed by atoms with Gasteiger partial charge < -0.3 is 29.9 Å². The van der Waals surface area contributed by atoms with Gasteiger partial charge in [0.05, 0.1) is 14.2 Å². The van der Waals surface area contributed by atoms with Crippen molar-refractivity contribution in [1.82, 2.24) is 9.80 Å². The van der Waals surface area contributed by atoms with E-state index in [2.05, 4.69) is 10.6 Å². The van der Waals surface area contributed by atoms with Crippen molar-refractivity contribution in [3.8, 4) is 11.5 Å². The fraction of sp³-hybridized carbons (Fsp3) is 0.250. The highest BCUT2D eigenvalue weighted by Crippen LogP contribution is 2.26. The summed E-state index contributed by atoms with van der Waals surface area (Å²) in [6.45, 7) is 1.05. The molecule has 0 aromatic heterocycles. The minimum atomic E-state index is -0.542. The van der Waals surface area contributed by atoms with E-state index in [1.807, 2.05) is 60.7 Å². The molecule has 2 aliphatic heterocycles. The van der Waals surface area contributed by atoms with Gasteiger partial charge in [-0.2, -0.15) is 0 Å². The molecular weight excluding hydrogens is 632 g/mol. The van der Waals surface area contributed by atoms with Gasteiger partial charge in [-0.15, -0.1) is 0 Å². The Labute approximate surface area is 291 Å². The van der Waals surface area contributed by atoms with E-state index < -0.39 is 12.1 Å². The first-order chi connectivity index (χ1) is 24.3. The number of ether oxygens (including phenoxy) is 2. The molecule has 4 aromatic rings. The Morgan fingerprint density at radius 1 is 0.600 bits per heavy atom. The minimum absolute atomic E-state index is 0.185. The Hall–Kier alpha value is -5.90. The van der Waals surface area contributed by atoms with Gasteiger partial charge in [-0.3, -0.25) is 19.2 Å². The maximum Gasteiger partial charge on any atom is 0.254 e. The van der Waals surface area contributed by atoms with E-state index >= 15 is 0 Å². The molecule has 50 heavy (non-hydrogen) atoms. The fourth-order valence-corrected chi connectivity index (χ4v) is 6.41. The van der Waals surface area contributed by atoms with Crippen LogP contribution in [-0.4, -0.2) is 72.8 Å². The molecule has 0 radical (unpaired) electrons. The lowest BCUT2D eigenvalue weighted by atomic mass is 10.1. The minimum Gasteiger partial charge on any atom is -0.497 e. The number of carbonyl (C=O) groups is 4. The average Bonchev–Trinajstić information content (AvgIpc) is 3.86. The molecule has 4 amide bonds. The third kappa shape index (κ3) is 7.86. The zero-order valence-corrected chi connectivity index (χ0v) is 28.1. The van der Waals surface area contributed by atoms with Crippen molar-refractivity contribution in [2.75, 3.05) is 37.9 Å². The molecule has 6 rings (SSSR count). The summed E-state index contributed by atoms with van der Waals surface area (Å²) in [4.78, 5) is 56.0. The number of likely N-dealkylation sites (tertiary alicyclic amines) is 2. The summed E-state index contributed by atoms with van der Waals surface area (Å²) in [5, 5.41) is 5.93. The van der Waals surface area contributed by atoms with Gasteiger partial charge in [-0.05, 0) is 97.5 Å². The molecule has 2 N–H and O–H groups in total. The van der Waals surface area contributed by atoms with Crippen molar-refractivity contribution < 1.29 is 28.7 Å². The van der Waals surface area contributed by atoms with Crippen LogP contribution in [0.5, 0.6) is 11.5 Å². The van der Waals surface area contributed by atoms with Gasteiger partial charge in [0.15, 0.2) is 0 Å². The Kier molecular flexibility index (Phi) is 10.6. The van der Waals surface area contributed by atoms with Gasteiger partial charge in [-0.1, -0.05) is 48.6 Å². The molecule has 0 bridgehead atoms. The van der Waals surface area contributed by atoms with E-state index in [0.717, 1.165) is 24.0 Å². The van der Waals surface area contributed by atoms with Crippen LogP contribution in [-0.2, 0) is 9.59 Å². The predicted molar refractivity (Wildman–Crippen MR) is 193 cm³/mol. The third-order valence-corrected chi connectivity index (χ3v) is 9.09. The second-order valence-electron chi connectivity index (χ2n) is 12.3. The van der Waals surface area contributed by atoms with E-state index in [-0.39, 0.29) is 23.6 Å². The van der Waals surface area contributed by atoms with Gasteiger partial charge >= 0.3 is 0 Å². The molecule has 2 aliphatic rings. The Balaban J connectivity index is 1.01. The molecule has 2 saturated heterocycles. The van der Waals surface area contributed by atoms with Crippen LogP contribution in [0.15, 0.2) is 97.1 Å². The van der Waals surface area contributed by atoms with Crippen molar-refractivity contribution in [1.29, 1.82) is 0 Å². The number of methoxy groups -OCH3 is 2. The Morgan fingerprint density at radius 2 is 1.00 bits per heavy atom. The van der Waals surface area contributed by atoms with Crippen LogP contribution >= 0.6 is 0 Å². The average molecular weight is 673 g/mol.